The summed E-state index contributed by atoms with van der Waals surface area (Å²) >= 11 is 0.945. The SMILES string of the molecule is Cc1nc(Nc2nc(-c3ccc(F)cc3)c(/C=C/[C@@H](O)C[C@@H](O)CC(=O)O)c(C(C)C)n2)sc1C(=O)O. The van der Waals surface area contributed by atoms with Gasteiger partial charge in [0.15, 0.2) is 5.13 Å². The van der Waals surface area contributed by atoms with Crippen molar-refractivity contribution >= 4 is 40.4 Å². The fourth-order valence-electron chi connectivity index (χ4n) is 3.57. The maximum Gasteiger partial charge on any atom is 0.347 e. The van der Waals surface area contributed by atoms with Crippen LogP contribution in [0.3, 0.4) is 0 Å². The average Bonchev–Trinajstić information content (AvgIpc) is 3.17. The number of thiazole rings is 1. The van der Waals surface area contributed by atoms with Crippen LogP contribution < -0.4 is 5.32 Å². The first-order valence-corrected chi connectivity index (χ1v) is 12.2. The summed E-state index contributed by atoms with van der Waals surface area (Å²) in [6.45, 7) is 5.39. The molecule has 0 fully saturated rings. The van der Waals surface area contributed by atoms with Gasteiger partial charge in [-0.25, -0.2) is 24.1 Å². The Morgan fingerprint density at radius 3 is 2.35 bits per heavy atom. The Balaban J connectivity index is 2.05. The lowest BCUT2D eigenvalue weighted by molar-refractivity contribution is -0.139. The van der Waals surface area contributed by atoms with Crippen LogP contribution >= 0.6 is 11.3 Å². The fourth-order valence-corrected chi connectivity index (χ4v) is 4.37. The molecule has 0 unspecified atom stereocenters. The van der Waals surface area contributed by atoms with Gasteiger partial charge in [0.25, 0.3) is 0 Å². The van der Waals surface area contributed by atoms with Gasteiger partial charge < -0.3 is 20.4 Å². The van der Waals surface area contributed by atoms with Gasteiger partial charge in [0.2, 0.25) is 5.95 Å². The minimum Gasteiger partial charge on any atom is -0.481 e. The topological polar surface area (TPSA) is 166 Å². The van der Waals surface area contributed by atoms with Gasteiger partial charge in [-0.15, -0.1) is 0 Å². The van der Waals surface area contributed by atoms with E-state index in [1.165, 1.54) is 18.2 Å². The van der Waals surface area contributed by atoms with Crippen molar-refractivity contribution in [2.45, 2.75) is 51.7 Å². The lowest BCUT2D eigenvalue weighted by Gasteiger charge is -2.17. The maximum atomic E-state index is 13.6. The monoisotopic (exact) mass is 530 g/mol. The van der Waals surface area contributed by atoms with E-state index < -0.39 is 36.4 Å². The maximum absolute atomic E-state index is 13.6. The summed E-state index contributed by atoms with van der Waals surface area (Å²) in [7, 11) is 0. The van der Waals surface area contributed by atoms with Gasteiger partial charge in [-0.3, -0.25) is 10.1 Å². The zero-order valence-electron chi connectivity index (χ0n) is 20.3. The molecule has 1 aromatic carbocycles. The van der Waals surface area contributed by atoms with Crippen molar-refractivity contribution in [3.63, 3.8) is 0 Å². The number of carboxylic acid groups (broad SMARTS) is 2. The molecule has 0 saturated heterocycles. The number of aliphatic carboxylic acids is 1. The van der Waals surface area contributed by atoms with Crippen LogP contribution in [0.5, 0.6) is 0 Å². The molecule has 37 heavy (non-hydrogen) atoms. The first-order chi connectivity index (χ1) is 17.4. The normalized spacial score (nSPS) is 13.2. The predicted molar refractivity (Wildman–Crippen MR) is 137 cm³/mol. The van der Waals surface area contributed by atoms with Crippen LogP contribution in [-0.2, 0) is 4.79 Å². The molecule has 0 spiro atoms. The second-order valence-corrected chi connectivity index (χ2v) is 9.63. The highest BCUT2D eigenvalue weighted by Crippen LogP contribution is 2.32. The van der Waals surface area contributed by atoms with Crippen LogP contribution in [0.2, 0.25) is 0 Å². The molecule has 196 valence electrons. The van der Waals surface area contributed by atoms with Crippen molar-refractivity contribution in [2.24, 2.45) is 0 Å². The standard InChI is InChI=1S/C25H27FN4O6S/c1-12(2)20-18(9-8-16(31)10-17(32)11-19(33)34)21(14-4-6-15(26)7-5-14)29-24(28-20)30-25-27-13(3)22(37-25)23(35)36/h4-9,12,16-17,31-32H,10-11H2,1-3H3,(H,33,34)(H,35,36)(H,27,28,29,30)/b9-8+/t16-,17-/m1/s1. The summed E-state index contributed by atoms with van der Waals surface area (Å²) < 4.78 is 13.6. The van der Waals surface area contributed by atoms with Crippen molar-refractivity contribution < 1.29 is 34.4 Å². The molecule has 0 aliphatic carbocycles. The quantitative estimate of drug-likeness (QED) is 0.242. The predicted octanol–water partition coefficient (Wildman–Crippen LogP) is 4.21. The van der Waals surface area contributed by atoms with Crippen LogP contribution in [0.15, 0.2) is 30.3 Å². The Morgan fingerprint density at radius 2 is 1.78 bits per heavy atom. The minimum absolute atomic E-state index is 0.0870. The third-order valence-corrected chi connectivity index (χ3v) is 6.32. The number of aliphatic hydroxyl groups is 2. The summed E-state index contributed by atoms with van der Waals surface area (Å²) in [4.78, 5) is 35.7. The fraction of sp³-hybridized carbons (Fsp3) is 0.320. The molecule has 3 aromatic rings. The van der Waals surface area contributed by atoms with Crippen LogP contribution in [-0.4, -0.2) is 59.5 Å². The van der Waals surface area contributed by atoms with E-state index >= 15 is 0 Å². The number of benzene rings is 1. The van der Waals surface area contributed by atoms with Crippen LogP contribution in [0.25, 0.3) is 17.3 Å². The van der Waals surface area contributed by atoms with Crippen LogP contribution in [0, 0.1) is 12.7 Å². The van der Waals surface area contributed by atoms with Gasteiger partial charge in [-0.1, -0.05) is 37.3 Å². The zero-order valence-corrected chi connectivity index (χ0v) is 21.2. The summed E-state index contributed by atoms with van der Waals surface area (Å²) in [5.74, 6) is -2.66. The van der Waals surface area contributed by atoms with Gasteiger partial charge in [-0.05, 0) is 37.1 Å². The number of aryl methyl sites for hydroxylation is 1. The Morgan fingerprint density at radius 1 is 1.11 bits per heavy atom. The summed E-state index contributed by atoms with van der Waals surface area (Å²) in [6.07, 6.45) is -0.0293. The molecule has 5 N–H and O–H groups in total. The van der Waals surface area contributed by atoms with Crippen molar-refractivity contribution in [1.82, 2.24) is 15.0 Å². The van der Waals surface area contributed by atoms with E-state index in [1.54, 1.807) is 25.1 Å². The number of nitrogens with one attached hydrogen (secondary N) is 1. The third kappa shape index (κ3) is 7.38. The van der Waals surface area contributed by atoms with Gasteiger partial charge in [0.05, 0.1) is 35.7 Å². The number of aliphatic hydroxyl groups excluding tert-OH is 2. The molecule has 0 saturated carbocycles. The molecule has 0 bridgehead atoms. The van der Waals surface area contributed by atoms with E-state index in [0.29, 0.717) is 33.3 Å². The largest absolute Gasteiger partial charge is 0.481 e. The van der Waals surface area contributed by atoms with Gasteiger partial charge >= 0.3 is 11.9 Å². The highest BCUT2D eigenvalue weighted by Gasteiger charge is 2.20. The average molecular weight is 531 g/mol. The highest BCUT2D eigenvalue weighted by atomic mass is 32.1. The Bertz CT molecular complexity index is 1310. The Labute approximate surface area is 216 Å². The molecular formula is C25H27FN4O6S. The molecule has 3 rings (SSSR count). The molecule has 0 aliphatic rings. The minimum atomic E-state index is -1.22. The lowest BCUT2D eigenvalue weighted by atomic mass is 9.97. The number of carboxylic acids is 2. The molecule has 0 aliphatic heterocycles. The van der Waals surface area contributed by atoms with Crippen LogP contribution in [0.1, 0.15) is 59.2 Å². The number of carbonyl (C=O) groups is 2. The molecule has 0 amide bonds. The molecule has 2 atom stereocenters. The number of hydrogen-bond donors (Lipinski definition) is 5. The third-order valence-electron chi connectivity index (χ3n) is 5.26. The van der Waals surface area contributed by atoms with Crippen LogP contribution in [0.4, 0.5) is 15.5 Å². The first kappa shape index (κ1) is 27.8. The van der Waals surface area contributed by atoms with E-state index in [1.807, 2.05) is 13.8 Å². The first-order valence-electron chi connectivity index (χ1n) is 11.4. The number of halogens is 1. The highest BCUT2D eigenvalue weighted by molar-refractivity contribution is 7.17. The number of rotatable bonds is 11. The molecule has 2 aromatic heterocycles. The van der Waals surface area contributed by atoms with Crippen molar-refractivity contribution in [3.05, 3.63) is 58.0 Å². The van der Waals surface area contributed by atoms with E-state index in [9.17, 15) is 29.3 Å². The Kier molecular flexibility index (Phi) is 9.03. The summed E-state index contributed by atoms with van der Waals surface area (Å²) in [5, 5.41) is 41.6. The molecule has 10 nitrogen and oxygen atoms in total. The number of anilines is 2. The number of aromatic nitrogens is 3. The van der Waals surface area contributed by atoms with E-state index in [0.717, 1.165) is 11.3 Å². The molecule has 0 radical (unpaired) electrons. The summed E-state index contributed by atoms with van der Waals surface area (Å²) in [5.41, 5.74) is 2.46. The van der Waals surface area contributed by atoms with Crippen molar-refractivity contribution in [2.75, 3.05) is 5.32 Å². The summed E-state index contributed by atoms with van der Waals surface area (Å²) in [6, 6.07) is 5.67. The number of hydrogen-bond acceptors (Lipinski definition) is 9. The van der Waals surface area contributed by atoms with Crippen molar-refractivity contribution in [3.8, 4) is 11.3 Å². The van der Waals surface area contributed by atoms with E-state index in [2.05, 4.69) is 20.3 Å². The lowest BCUT2D eigenvalue weighted by Crippen LogP contribution is -2.19. The van der Waals surface area contributed by atoms with Gasteiger partial charge in [-0.2, -0.15) is 0 Å². The molecular weight excluding hydrogens is 503 g/mol. The zero-order chi connectivity index (χ0) is 27.3. The number of aromatic carboxylic acids is 1. The molecule has 12 heteroatoms. The Hall–Kier alpha value is -3.74. The smallest absolute Gasteiger partial charge is 0.347 e. The van der Waals surface area contributed by atoms with Crippen molar-refractivity contribution in [1.29, 1.82) is 0 Å². The van der Waals surface area contributed by atoms with Gasteiger partial charge in [0.1, 0.15) is 10.7 Å². The van der Waals surface area contributed by atoms with E-state index in [4.69, 9.17) is 5.11 Å². The second kappa shape index (κ2) is 12.0. The van der Waals surface area contributed by atoms with E-state index in [-0.39, 0.29) is 23.2 Å². The molecule has 2 heterocycles. The second-order valence-electron chi connectivity index (χ2n) is 8.63. The van der Waals surface area contributed by atoms with Gasteiger partial charge in [0, 0.05) is 17.5 Å². The number of nitrogens with zero attached hydrogens (tertiary/aromatic N) is 3.